The summed E-state index contributed by atoms with van der Waals surface area (Å²) in [5, 5.41) is 9.32. The molecule has 2 aromatic heterocycles. The highest BCUT2D eigenvalue weighted by atomic mass is 19.4. The van der Waals surface area contributed by atoms with Gasteiger partial charge < -0.3 is 9.72 Å². The minimum atomic E-state index is -4.65. The van der Waals surface area contributed by atoms with Gasteiger partial charge in [-0.3, -0.25) is 0 Å². The largest absolute Gasteiger partial charge is 0.434 e. The first-order chi connectivity index (χ1) is 10.4. The molecule has 1 aliphatic rings. The van der Waals surface area contributed by atoms with Crippen molar-refractivity contribution >= 4 is 11.0 Å². The van der Waals surface area contributed by atoms with E-state index in [0.717, 1.165) is 5.69 Å². The normalized spacial score (nSPS) is 16.9. The Bertz CT molecular complexity index is 752. The molecule has 0 spiro atoms. The second-order valence-electron chi connectivity index (χ2n) is 5.46. The van der Waals surface area contributed by atoms with Crippen molar-refractivity contribution < 1.29 is 17.9 Å². The molecule has 4 nitrogen and oxygen atoms in total. The van der Waals surface area contributed by atoms with Gasteiger partial charge >= 0.3 is 6.18 Å². The minimum absolute atomic E-state index is 0.131. The lowest BCUT2D eigenvalue weighted by atomic mass is 9.87. The van der Waals surface area contributed by atoms with Gasteiger partial charge in [-0.2, -0.15) is 18.4 Å². The van der Waals surface area contributed by atoms with E-state index in [1.54, 1.807) is 19.1 Å². The second kappa shape index (κ2) is 5.29. The van der Waals surface area contributed by atoms with Crippen molar-refractivity contribution in [1.82, 2.24) is 9.97 Å². The molecule has 0 aromatic carbocycles. The Balaban J connectivity index is 2.32. The zero-order chi connectivity index (χ0) is 15.9. The fraction of sp³-hybridized carbons (Fsp3) is 0.467. The van der Waals surface area contributed by atoms with E-state index in [2.05, 4.69) is 9.97 Å². The summed E-state index contributed by atoms with van der Waals surface area (Å²) in [5.74, 6) is -0.131. The maximum absolute atomic E-state index is 13.3. The van der Waals surface area contributed by atoms with Gasteiger partial charge in [0.05, 0.1) is 16.6 Å². The summed E-state index contributed by atoms with van der Waals surface area (Å²) in [7, 11) is 0. The quantitative estimate of drug-likeness (QED) is 0.874. The number of nitrogens with one attached hydrogen (secondary N) is 1. The van der Waals surface area contributed by atoms with Crippen molar-refractivity contribution in [2.75, 3.05) is 13.2 Å². The van der Waals surface area contributed by atoms with Crippen LogP contribution in [0.25, 0.3) is 11.0 Å². The minimum Gasteiger partial charge on any atom is -0.381 e. The zero-order valence-corrected chi connectivity index (χ0v) is 11.9. The number of halogens is 3. The van der Waals surface area contributed by atoms with E-state index in [4.69, 9.17) is 4.74 Å². The molecule has 3 heterocycles. The Morgan fingerprint density at radius 2 is 2.05 bits per heavy atom. The van der Waals surface area contributed by atoms with Crippen LogP contribution in [0.5, 0.6) is 0 Å². The topological polar surface area (TPSA) is 61.7 Å². The van der Waals surface area contributed by atoms with E-state index in [9.17, 15) is 18.4 Å². The Hall–Kier alpha value is -2.07. The van der Waals surface area contributed by atoms with Crippen LogP contribution in [0.15, 0.2) is 6.07 Å². The van der Waals surface area contributed by atoms with E-state index in [1.807, 2.05) is 0 Å². The van der Waals surface area contributed by atoms with Crippen LogP contribution in [0.2, 0.25) is 0 Å². The summed E-state index contributed by atoms with van der Waals surface area (Å²) in [5.41, 5.74) is 0.478. The Morgan fingerprint density at radius 1 is 1.36 bits per heavy atom. The van der Waals surface area contributed by atoms with Gasteiger partial charge in [0.15, 0.2) is 5.69 Å². The summed E-state index contributed by atoms with van der Waals surface area (Å²) in [6.45, 7) is 2.73. The van der Waals surface area contributed by atoms with Crippen molar-refractivity contribution in [3.8, 4) is 6.07 Å². The van der Waals surface area contributed by atoms with Crippen molar-refractivity contribution in [3.05, 3.63) is 28.6 Å². The van der Waals surface area contributed by atoms with Gasteiger partial charge in [-0.15, -0.1) is 0 Å². The van der Waals surface area contributed by atoms with E-state index in [0.29, 0.717) is 37.1 Å². The number of aromatic amines is 1. The molecule has 0 saturated carbocycles. The second-order valence-corrected chi connectivity index (χ2v) is 5.46. The van der Waals surface area contributed by atoms with E-state index in [1.165, 1.54) is 0 Å². The third kappa shape index (κ3) is 2.44. The molecule has 2 aromatic rings. The van der Waals surface area contributed by atoms with Gasteiger partial charge in [-0.25, -0.2) is 4.98 Å². The number of alkyl halides is 3. The maximum atomic E-state index is 13.3. The lowest BCUT2D eigenvalue weighted by molar-refractivity contribution is -0.141. The number of nitriles is 1. The summed E-state index contributed by atoms with van der Waals surface area (Å²) in [6.07, 6.45) is -3.45. The van der Waals surface area contributed by atoms with Crippen molar-refractivity contribution in [2.45, 2.75) is 31.9 Å². The molecule has 3 rings (SSSR count). The molecule has 0 bridgehead atoms. The predicted octanol–water partition coefficient (Wildman–Crippen LogP) is 3.66. The van der Waals surface area contributed by atoms with Crippen LogP contribution >= 0.6 is 0 Å². The van der Waals surface area contributed by atoms with Crippen LogP contribution in [-0.2, 0) is 10.9 Å². The number of fused-ring (bicyclic) bond motifs is 1. The molecule has 0 atom stereocenters. The molecular weight excluding hydrogens is 295 g/mol. The fourth-order valence-corrected chi connectivity index (χ4v) is 3.01. The SMILES string of the molecule is Cc1cc2nc(C(F)(F)F)c(C#N)c(C3CCOCC3)c2[nH]1. The van der Waals surface area contributed by atoms with Gasteiger partial charge in [0, 0.05) is 24.5 Å². The number of aryl methyl sites for hydroxylation is 1. The molecule has 0 radical (unpaired) electrons. The first-order valence-corrected chi connectivity index (χ1v) is 7.00. The number of pyridine rings is 1. The smallest absolute Gasteiger partial charge is 0.381 e. The molecule has 7 heteroatoms. The van der Waals surface area contributed by atoms with Crippen molar-refractivity contribution in [2.24, 2.45) is 0 Å². The molecule has 0 amide bonds. The van der Waals surface area contributed by atoms with Crippen LogP contribution in [0.3, 0.4) is 0 Å². The van der Waals surface area contributed by atoms with Crippen LogP contribution in [0.4, 0.5) is 13.2 Å². The van der Waals surface area contributed by atoms with E-state index < -0.39 is 11.9 Å². The number of hydrogen-bond acceptors (Lipinski definition) is 3. The van der Waals surface area contributed by atoms with Gasteiger partial charge in [0.2, 0.25) is 0 Å². The predicted molar refractivity (Wildman–Crippen MR) is 73.3 cm³/mol. The third-order valence-electron chi connectivity index (χ3n) is 3.95. The Labute approximate surface area is 124 Å². The summed E-state index contributed by atoms with van der Waals surface area (Å²) in [4.78, 5) is 6.74. The average molecular weight is 309 g/mol. The first kappa shape index (κ1) is 14.9. The van der Waals surface area contributed by atoms with Gasteiger partial charge in [-0.05, 0) is 31.7 Å². The molecule has 22 heavy (non-hydrogen) atoms. The highest BCUT2D eigenvalue weighted by Gasteiger charge is 2.39. The molecular formula is C15H14F3N3O. The number of nitrogens with zero attached hydrogens (tertiary/aromatic N) is 2. The zero-order valence-electron chi connectivity index (χ0n) is 11.9. The summed E-state index contributed by atoms with van der Waals surface area (Å²) in [6, 6.07) is 3.30. The lowest BCUT2D eigenvalue weighted by Crippen LogP contribution is -2.19. The number of rotatable bonds is 1. The Morgan fingerprint density at radius 3 is 2.64 bits per heavy atom. The standard InChI is InChI=1S/C15H14F3N3O/c1-8-6-11-13(20-8)12(9-2-4-22-5-3-9)10(7-19)14(21-11)15(16,17)18/h6,9,20H,2-5H2,1H3. The molecule has 116 valence electrons. The van der Waals surface area contributed by atoms with Crippen LogP contribution in [-0.4, -0.2) is 23.2 Å². The molecule has 0 aliphatic carbocycles. The van der Waals surface area contributed by atoms with Crippen LogP contribution in [0.1, 0.15) is 41.3 Å². The Kier molecular flexibility index (Phi) is 3.57. The maximum Gasteiger partial charge on any atom is 0.434 e. The number of hydrogen-bond donors (Lipinski definition) is 1. The van der Waals surface area contributed by atoms with E-state index >= 15 is 0 Å². The fourth-order valence-electron chi connectivity index (χ4n) is 3.01. The number of aromatic nitrogens is 2. The third-order valence-corrected chi connectivity index (χ3v) is 3.95. The van der Waals surface area contributed by atoms with Gasteiger partial charge in [-0.1, -0.05) is 0 Å². The monoisotopic (exact) mass is 309 g/mol. The molecule has 1 saturated heterocycles. The molecule has 1 fully saturated rings. The van der Waals surface area contributed by atoms with Crippen LogP contribution in [0, 0.1) is 18.3 Å². The highest BCUT2D eigenvalue weighted by Crippen LogP contribution is 2.40. The van der Waals surface area contributed by atoms with Gasteiger partial charge in [0.1, 0.15) is 6.07 Å². The molecule has 0 unspecified atom stereocenters. The molecule has 1 aliphatic heterocycles. The first-order valence-electron chi connectivity index (χ1n) is 7.00. The van der Waals surface area contributed by atoms with Crippen molar-refractivity contribution in [3.63, 3.8) is 0 Å². The summed E-state index contributed by atoms with van der Waals surface area (Å²) >= 11 is 0. The molecule has 1 N–H and O–H groups in total. The number of H-pyrrole nitrogens is 1. The van der Waals surface area contributed by atoms with E-state index in [-0.39, 0.29) is 17.0 Å². The van der Waals surface area contributed by atoms with Gasteiger partial charge in [0.25, 0.3) is 0 Å². The van der Waals surface area contributed by atoms with Crippen LogP contribution < -0.4 is 0 Å². The average Bonchev–Trinajstić information content (AvgIpc) is 2.85. The van der Waals surface area contributed by atoms with Crippen molar-refractivity contribution in [1.29, 1.82) is 5.26 Å². The highest BCUT2D eigenvalue weighted by molar-refractivity contribution is 5.83. The number of ether oxygens (including phenoxy) is 1. The lowest BCUT2D eigenvalue weighted by Gasteiger charge is -2.24. The summed E-state index contributed by atoms with van der Waals surface area (Å²) < 4.78 is 45.1.